The van der Waals surface area contributed by atoms with Crippen molar-refractivity contribution in [1.82, 2.24) is 34.9 Å². The van der Waals surface area contributed by atoms with Gasteiger partial charge in [-0.1, -0.05) is 61.6 Å². The Kier molecular flexibility index (Phi) is 18.5. The number of thiazole rings is 1. The minimum atomic E-state index is -4.56. The number of carbonyl (C=O) groups is 7. The Bertz CT molecular complexity index is 4120. The van der Waals surface area contributed by atoms with Gasteiger partial charge in [0.1, 0.15) is 24.7 Å². The highest BCUT2D eigenvalue weighted by atomic mass is 32.2. The first-order valence-corrected chi connectivity index (χ1v) is 34.1. The van der Waals surface area contributed by atoms with E-state index in [9.17, 15) is 61.9 Å². The van der Waals surface area contributed by atoms with Gasteiger partial charge >= 0.3 is 18.0 Å². The van der Waals surface area contributed by atoms with E-state index in [0.29, 0.717) is 84.1 Å². The summed E-state index contributed by atoms with van der Waals surface area (Å²) in [7, 11) is -4.56. The van der Waals surface area contributed by atoms with E-state index in [0.717, 1.165) is 81.1 Å². The molecule has 95 heavy (non-hydrogen) atoms. The van der Waals surface area contributed by atoms with Gasteiger partial charge in [-0.15, -0.1) is 0 Å². The zero-order chi connectivity index (χ0) is 67.2. The molecule has 4 aliphatic carbocycles. The van der Waals surface area contributed by atoms with Gasteiger partial charge in [-0.2, -0.15) is 13.5 Å². The lowest BCUT2D eigenvalue weighted by Crippen LogP contribution is -2.64. The maximum Gasteiger partial charge on any atom is 0.410 e. The van der Waals surface area contributed by atoms with Crippen molar-refractivity contribution in [2.75, 3.05) is 55.3 Å². The summed E-state index contributed by atoms with van der Waals surface area (Å²) in [5.74, 6) is -4.69. The predicted molar refractivity (Wildman–Crippen MR) is 345 cm³/mol. The van der Waals surface area contributed by atoms with Crippen LogP contribution >= 0.6 is 11.3 Å². The van der Waals surface area contributed by atoms with Crippen molar-refractivity contribution in [1.29, 1.82) is 0 Å². The molecule has 26 nitrogen and oxygen atoms in total. The number of carboxylic acid groups (broad SMARTS) is 2. The quantitative estimate of drug-likeness (QED) is 0.0185. The molecule has 2 unspecified atom stereocenters. The number of benzene rings is 3. The van der Waals surface area contributed by atoms with Crippen LogP contribution in [-0.2, 0) is 76.0 Å². The Morgan fingerprint density at radius 3 is 2.39 bits per heavy atom. The number of hydrogen-bond donors (Lipinski definition) is 6. The number of ether oxygens (including phenoxy) is 4. The fraction of sp³-hybridized carbons (Fsp3) is 0.463. The van der Waals surface area contributed by atoms with E-state index < -0.39 is 95.4 Å². The van der Waals surface area contributed by atoms with Crippen LogP contribution in [0.2, 0.25) is 0 Å². The minimum absolute atomic E-state index is 0.0124. The van der Waals surface area contributed by atoms with E-state index in [1.165, 1.54) is 11.3 Å². The Balaban J connectivity index is 0.710. The number of aliphatic hydroxyl groups is 1. The van der Waals surface area contributed by atoms with Gasteiger partial charge in [-0.3, -0.25) is 38.6 Å². The van der Waals surface area contributed by atoms with E-state index in [2.05, 4.69) is 29.5 Å². The fourth-order valence-electron chi connectivity index (χ4n) is 16.1. The summed E-state index contributed by atoms with van der Waals surface area (Å²) in [4.78, 5) is 103. The highest BCUT2D eigenvalue weighted by Crippen LogP contribution is 2.72. The standard InChI is InChI=1S/C67H75N9O17S2/c1-40-47(45-15-16-53(71-58(45)61(84)85)74-21-19-42-9-6-10-46(48(42)30-74)59(81)72-62-70-49-11-4-5-12-52(49)94-62)29-69-76(40)39-66-34-64(2)33-65(3,35-66)37-67(36-64,38-66)91-24-22-73(23-25-95(87,88)89)63(86)90-32-43-14-13-41(8-7-20-68-54(78)31-75-55(79)17-18-56(75)80)26-50(43)92-57-28-44(77)27-51(93-57)60(82)83/h4-6,9-18,26,29,44,51,57,77H,7-8,19-25,27-28,30-39H2,1-3H3,(H,68,78)(H,82,83)(H,84,85)(H,70,72,81)(H,87,88,89)/t44-,51-,57+,64?,65?,66?,67?/m0/s1. The van der Waals surface area contributed by atoms with Crippen molar-refractivity contribution in [3.8, 4) is 16.9 Å². The molecule has 3 aromatic heterocycles. The van der Waals surface area contributed by atoms with Crippen LogP contribution in [0, 0.1) is 23.2 Å². The second kappa shape index (κ2) is 26.5. The molecule has 6 aromatic rings. The molecule has 6 N–H and O–H groups in total. The Morgan fingerprint density at radius 1 is 0.884 bits per heavy atom. The summed E-state index contributed by atoms with van der Waals surface area (Å²) in [5.41, 5.74) is 4.59. The number of nitrogens with one attached hydrogen (secondary N) is 2. The smallest absolute Gasteiger partial charge is 0.410 e. The number of carbonyl (C=O) groups excluding carboxylic acids is 5. The molecule has 4 saturated carbocycles. The Hall–Kier alpha value is -8.67. The van der Waals surface area contributed by atoms with E-state index in [1.807, 2.05) is 59.0 Å². The number of aliphatic carboxylic acids is 1. The lowest BCUT2D eigenvalue weighted by atomic mass is 9.39. The molecule has 28 heteroatoms. The largest absolute Gasteiger partial charge is 0.479 e. The topological polar surface area (TPSA) is 349 Å². The zero-order valence-electron chi connectivity index (χ0n) is 52.8. The van der Waals surface area contributed by atoms with Crippen molar-refractivity contribution >= 4 is 84.3 Å². The first-order valence-electron chi connectivity index (χ1n) is 31.7. The Labute approximate surface area is 551 Å². The zero-order valence-corrected chi connectivity index (χ0v) is 54.4. The number of rotatable bonds is 25. The van der Waals surface area contributed by atoms with Gasteiger partial charge in [0.25, 0.3) is 27.8 Å². The number of imide groups is 1. The molecule has 1 saturated heterocycles. The number of hydrogen-bond acceptors (Lipinski definition) is 19. The second-order valence-corrected chi connectivity index (χ2v) is 29.5. The molecular formula is C67H75N9O17S2. The van der Waals surface area contributed by atoms with Gasteiger partial charge in [-0.05, 0) is 134 Å². The van der Waals surface area contributed by atoms with Gasteiger partial charge in [0.15, 0.2) is 16.9 Å². The molecule has 3 aliphatic heterocycles. The summed E-state index contributed by atoms with van der Waals surface area (Å²) >= 11 is 1.40. The van der Waals surface area contributed by atoms with Crippen LogP contribution < -0.4 is 20.3 Å². The van der Waals surface area contributed by atoms with Gasteiger partial charge in [0, 0.05) is 92.2 Å². The van der Waals surface area contributed by atoms with Crippen molar-refractivity contribution in [2.45, 2.75) is 135 Å². The molecule has 5 fully saturated rings. The molecular weight excluding hydrogens is 1270 g/mol. The fourth-order valence-corrected chi connectivity index (χ4v) is 17.4. The number of aliphatic hydroxyl groups excluding tert-OH is 1. The maximum atomic E-state index is 14.1. The SMILES string of the molecule is Cc1c(-c2ccc(N3CCc4cccc(C(=O)Nc5nc6ccccc6s5)c4C3)nc2C(=O)O)cnn1CC12CC3(C)CC(C)(C1)CC(OCCN(CCS(=O)(=O)O)C(=O)OCc1ccc(CCCNC(=O)CN4C(=O)C=CC4=O)cc1O[C@H]1C[C@@H](O)C[C@@H](C(=O)O)O1)(C3)C2. The lowest BCUT2D eigenvalue weighted by Gasteiger charge is -2.69. The summed E-state index contributed by atoms with van der Waals surface area (Å²) in [6, 6.07) is 21.9. The van der Waals surface area contributed by atoms with Crippen LogP contribution in [0.5, 0.6) is 5.75 Å². The van der Waals surface area contributed by atoms with Gasteiger partial charge in [0.05, 0.1) is 40.5 Å². The van der Waals surface area contributed by atoms with Gasteiger partial charge < -0.3 is 49.4 Å². The molecule has 6 heterocycles. The summed E-state index contributed by atoms with van der Waals surface area (Å²) in [6.07, 6.45) is 5.29. The number of carboxylic acids is 2. The summed E-state index contributed by atoms with van der Waals surface area (Å²) in [6.45, 7) is 6.64. The number of para-hydroxylation sites is 1. The van der Waals surface area contributed by atoms with E-state index in [1.54, 1.807) is 36.5 Å². The number of fused-ring (bicyclic) bond motifs is 2. The van der Waals surface area contributed by atoms with Crippen LogP contribution in [0.4, 0.5) is 15.7 Å². The monoisotopic (exact) mass is 1340 g/mol. The van der Waals surface area contributed by atoms with E-state index in [4.69, 9.17) is 29.0 Å². The molecule has 502 valence electrons. The lowest BCUT2D eigenvalue weighted by molar-refractivity contribution is -0.248. The van der Waals surface area contributed by atoms with Gasteiger partial charge in [0.2, 0.25) is 12.2 Å². The first-order chi connectivity index (χ1) is 45.2. The molecule has 13 rings (SSSR count). The number of aromatic carboxylic acids is 1. The summed E-state index contributed by atoms with van der Waals surface area (Å²) in [5, 5.41) is 42.1. The molecule has 7 aliphatic rings. The molecule has 4 bridgehead atoms. The number of nitrogens with zero attached hydrogens (tertiary/aromatic N) is 7. The highest BCUT2D eigenvalue weighted by molar-refractivity contribution is 7.85. The molecule has 3 aromatic carbocycles. The number of pyridine rings is 1. The van der Waals surface area contributed by atoms with Crippen molar-refractivity contribution in [3.63, 3.8) is 0 Å². The van der Waals surface area contributed by atoms with Crippen LogP contribution in [0.3, 0.4) is 0 Å². The van der Waals surface area contributed by atoms with Crippen LogP contribution in [0.25, 0.3) is 21.3 Å². The average Bonchev–Trinajstić information content (AvgIpc) is 0.926. The second-order valence-electron chi connectivity index (χ2n) is 26.9. The number of aromatic nitrogens is 4. The van der Waals surface area contributed by atoms with Crippen molar-refractivity contribution in [2.24, 2.45) is 16.2 Å². The van der Waals surface area contributed by atoms with Gasteiger partial charge in [-0.25, -0.2) is 24.4 Å². The molecule has 0 radical (unpaired) electrons. The average molecular weight is 1340 g/mol. The predicted octanol–water partition coefficient (Wildman–Crippen LogP) is 7.34. The highest BCUT2D eigenvalue weighted by Gasteiger charge is 2.66. The molecule has 5 atom stereocenters. The first kappa shape index (κ1) is 66.4. The third-order valence-electron chi connectivity index (χ3n) is 19.1. The van der Waals surface area contributed by atoms with E-state index >= 15 is 0 Å². The van der Waals surface area contributed by atoms with Crippen LogP contribution in [-0.4, -0.2) is 169 Å². The maximum absolute atomic E-state index is 14.1. The number of amides is 5. The van der Waals surface area contributed by atoms with Crippen molar-refractivity contribution < 1.29 is 80.8 Å². The summed E-state index contributed by atoms with van der Waals surface area (Å²) < 4.78 is 61.8. The third-order valence-corrected chi connectivity index (χ3v) is 20.7. The van der Waals surface area contributed by atoms with Crippen LogP contribution in [0.1, 0.15) is 120 Å². The number of aryl methyl sites for hydroxylation is 1. The van der Waals surface area contributed by atoms with Crippen molar-refractivity contribution in [3.05, 3.63) is 130 Å². The normalized spacial score (nSPS) is 24.4. The molecule has 0 spiro atoms. The van der Waals surface area contributed by atoms with E-state index in [-0.39, 0.29) is 66.1 Å². The minimum Gasteiger partial charge on any atom is -0.479 e. The Morgan fingerprint density at radius 2 is 1.65 bits per heavy atom. The molecule has 5 amide bonds. The third kappa shape index (κ3) is 14.9. The number of anilines is 2. The van der Waals surface area contributed by atoms with Crippen LogP contribution in [0.15, 0.2) is 91.1 Å².